The first-order chi connectivity index (χ1) is 17.7. The molecule has 2 heterocycles. The maximum Gasteiger partial charge on any atom is 0.312 e. The Morgan fingerprint density at radius 2 is 1.86 bits per heavy atom. The quantitative estimate of drug-likeness (QED) is 0.157. The molecule has 0 fully saturated rings. The molecule has 0 saturated heterocycles. The molecule has 0 radical (unpaired) electrons. The van der Waals surface area contributed by atoms with Crippen molar-refractivity contribution >= 4 is 52.2 Å². The van der Waals surface area contributed by atoms with Crippen molar-refractivity contribution in [2.75, 3.05) is 11.1 Å². The first kappa shape index (κ1) is 26.6. The fourth-order valence-electron chi connectivity index (χ4n) is 3.84. The summed E-state index contributed by atoms with van der Waals surface area (Å²) in [5.41, 5.74) is 3.21. The van der Waals surface area contributed by atoms with Gasteiger partial charge in [-0.25, -0.2) is 0 Å². The van der Waals surface area contributed by atoms with Crippen LogP contribution in [0.5, 0.6) is 0 Å². The van der Waals surface area contributed by atoms with Crippen molar-refractivity contribution in [3.63, 3.8) is 0 Å². The Bertz CT molecular complexity index is 1470. The number of anilines is 1. The van der Waals surface area contributed by atoms with E-state index in [1.54, 1.807) is 36.7 Å². The number of hydrogen-bond acceptors (Lipinski definition) is 7. The third-order valence-corrected chi connectivity index (χ3v) is 7.17. The van der Waals surface area contributed by atoms with Crippen LogP contribution in [-0.2, 0) is 17.9 Å². The molecular formula is C24H23Cl2N7O3S. The predicted octanol–water partition coefficient (Wildman–Crippen LogP) is 5.77. The van der Waals surface area contributed by atoms with Crippen molar-refractivity contribution in [1.29, 1.82) is 0 Å². The lowest BCUT2D eigenvalue weighted by Crippen LogP contribution is -2.15. The summed E-state index contributed by atoms with van der Waals surface area (Å²) in [5, 5.41) is 28.4. The lowest BCUT2D eigenvalue weighted by molar-refractivity contribution is -0.386. The lowest BCUT2D eigenvalue weighted by atomic mass is 10.1. The minimum absolute atomic E-state index is 0.0436. The maximum absolute atomic E-state index is 12.5. The Labute approximate surface area is 227 Å². The van der Waals surface area contributed by atoms with Crippen molar-refractivity contribution < 1.29 is 9.72 Å². The highest BCUT2D eigenvalue weighted by Gasteiger charge is 2.22. The van der Waals surface area contributed by atoms with Gasteiger partial charge in [-0.05, 0) is 44.5 Å². The second kappa shape index (κ2) is 11.3. The predicted molar refractivity (Wildman–Crippen MR) is 144 cm³/mol. The van der Waals surface area contributed by atoms with Gasteiger partial charge in [-0.15, -0.1) is 10.2 Å². The smallest absolute Gasteiger partial charge is 0.312 e. The number of rotatable bonds is 9. The number of amides is 1. The molecule has 0 unspecified atom stereocenters. The number of nitrogens with one attached hydrogen (secondary N) is 1. The van der Waals surface area contributed by atoms with E-state index in [0.29, 0.717) is 51.2 Å². The van der Waals surface area contributed by atoms with Crippen molar-refractivity contribution in [1.82, 2.24) is 24.5 Å². The van der Waals surface area contributed by atoms with E-state index in [9.17, 15) is 14.9 Å². The molecule has 2 aromatic carbocycles. The molecule has 37 heavy (non-hydrogen) atoms. The number of hydrogen-bond donors (Lipinski definition) is 1. The molecule has 1 amide bonds. The summed E-state index contributed by atoms with van der Waals surface area (Å²) in [4.78, 5) is 23.3. The van der Waals surface area contributed by atoms with E-state index in [4.69, 9.17) is 23.2 Å². The molecule has 0 atom stereocenters. The monoisotopic (exact) mass is 559 g/mol. The molecule has 13 heteroatoms. The van der Waals surface area contributed by atoms with Crippen LogP contribution in [0.15, 0.2) is 47.6 Å². The lowest BCUT2D eigenvalue weighted by Gasteiger charge is -2.09. The van der Waals surface area contributed by atoms with Crippen LogP contribution in [0.3, 0.4) is 0 Å². The first-order valence-electron chi connectivity index (χ1n) is 11.3. The maximum atomic E-state index is 12.5. The average molecular weight is 560 g/mol. The SMILES string of the molecule is CCn1c(SCC(=O)Nc2cc(Cl)ccc2Cl)nnc1-c1ccc(Cn2nc(C)c([N+](=O)[O-])c2C)cc1. The van der Waals surface area contributed by atoms with Crippen molar-refractivity contribution in [3.8, 4) is 11.4 Å². The van der Waals surface area contributed by atoms with Gasteiger partial charge < -0.3 is 9.88 Å². The van der Waals surface area contributed by atoms with Gasteiger partial charge in [0.05, 0.1) is 27.9 Å². The van der Waals surface area contributed by atoms with Crippen molar-refractivity contribution in [2.45, 2.75) is 39.0 Å². The summed E-state index contributed by atoms with van der Waals surface area (Å²) in [6.07, 6.45) is 0. The van der Waals surface area contributed by atoms with E-state index in [2.05, 4.69) is 20.6 Å². The average Bonchev–Trinajstić information content (AvgIpc) is 3.40. The van der Waals surface area contributed by atoms with Crippen LogP contribution in [0.1, 0.15) is 23.9 Å². The highest BCUT2D eigenvalue weighted by atomic mass is 35.5. The van der Waals surface area contributed by atoms with E-state index in [1.807, 2.05) is 35.8 Å². The zero-order chi connectivity index (χ0) is 26.7. The summed E-state index contributed by atoms with van der Waals surface area (Å²) in [7, 11) is 0. The first-order valence-corrected chi connectivity index (χ1v) is 13.0. The number of carbonyl (C=O) groups excluding carboxylic acids is 1. The van der Waals surface area contributed by atoms with Gasteiger partial charge in [0, 0.05) is 17.1 Å². The zero-order valence-electron chi connectivity index (χ0n) is 20.2. The second-order valence-corrected chi connectivity index (χ2v) is 9.93. The van der Waals surface area contributed by atoms with E-state index in [0.717, 1.165) is 11.1 Å². The molecule has 0 aliphatic rings. The number of nitrogens with zero attached hydrogens (tertiary/aromatic N) is 6. The minimum Gasteiger partial charge on any atom is -0.324 e. The Morgan fingerprint density at radius 3 is 2.51 bits per heavy atom. The number of aromatic nitrogens is 5. The number of thioether (sulfide) groups is 1. The van der Waals surface area contributed by atoms with Crippen LogP contribution in [0.2, 0.25) is 10.0 Å². The topological polar surface area (TPSA) is 121 Å². The van der Waals surface area contributed by atoms with Crippen LogP contribution in [0, 0.1) is 24.0 Å². The summed E-state index contributed by atoms with van der Waals surface area (Å²) >= 11 is 13.4. The van der Waals surface area contributed by atoms with E-state index in [1.165, 1.54) is 11.8 Å². The van der Waals surface area contributed by atoms with Crippen LogP contribution < -0.4 is 5.32 Å². The number of carbonyl (C=O) groups is 1. The third-order valence-electron chi connectivity index (χ3n) is 5.64. The highest BCUT2D eigenvalue weighted by molar-refractivity contribution is 7.99. The second-order valence-electron chi connectivity index (χ2n) is 8.14. The number of halogens is 2. The summed E-state index contributed by atoms with van der Waals surface area (Å²) in [6.45, 7) is 6.33. The number of nitro groups is 1. The van der Waals surface area contributed by atoms with Gasteiger partial charge in [0.15, 0.2) is 11.0 Å². The van der Waals surface area contributed by atoms with Gasteiger partial charge in [0.1, 0.15) is 11.4 Å². The number of benzene rings is 2. The Kier molecular flexibility index (Phi) is 8.16. The Balaban J connectivity index is 1.44. The summed E-state index contributed by atoms with van der Waals surface area (Å²) < 4.78 is 3.57. The molecule has 4 rings (SSSR count). The van der Waals surface area contributed by atoms with Crippen molar-refractivity contribution in [3.05, 3.63) is 79.6 Å². The molecule has 2 aromatic heterocycles. The van der Waals surface area contributed by atoms with Gasteiger partial charge in [-0.3, -0.25) is 19.6 Å². The van der Waals surface area contributed by atoms with Gasteiger partial charge in [0.25, 0.3) is 0 Å². The van der Waals surface area contributed by atoms with E-state index >= 15 is 0 Å². The molecule has 10 nitrogen and oxygen atoms in total. The molecule has 1 N–H and O–H groups in total. The fourth-order valence-corrected chi connectivity index (χ4v) is 4.98. The van der Waals surface area contributed by atoms with E-state index < -0.39 is 4.92 Å². The Hall–Kier alpha value is -3.41. The van der Waals surface area contributed by atoms with E-state index in [-0.39, 0.29) is 17.3 Å². The van der Waals surface area contributed by atoms with Gasteiger partial charge in [-0.1, -0.05) is 59.2 Å². The van der Waals surface area contributed by atoms with Crippen LogP contribution in [0.25, 0.3) is 11.4 Å². The Morgan fingerprint density at radius 1 is 1.14 bits per heavy atom. The largest absolute Gasteiger partial charge is 0.324 e. The summed E-state index contributed by atoms with van der Waals surface area (Å²) in [6, 6.07) is 12.6. The summed E-state index contributed by atoms with van der Waals surface area (Å²) in [5.74, 6) is 0.556. The molecular weight excluding hydrogens is 537 g/mol. The van der Waals surface area contributed by atoms with Gasteiger partial charge >= 0.3 is 5.69 Å². The van der Waals surface area contributed by atoms with Gasteiger partial charge in [0.2, 0.25) is 5.91 Å². The number of aryl methyl sites for hydroxylation is 1. The molecule has 0 spiro atoms. The van der Waals surface area contributed by atoms with Crippen LogP contribution in [0.4, 0.5) is 11.4 Å². The minimum atomic E-state index is -0.402. The molecule has 0 bridgehead atoms. The standard InChI is InChI=1S/C24H23Cl2N7O3S/c1-4-31-23(28-29-24(31)37-13-21(34)27-20-11-18(25)9-10-19(20)26)17-7-5-16(6-8-17)12-32-15(3)22(33(35)36)14(2)30-32/h5-11H,4,12-13H2,1-3H3,(H,27,34). The van der Waals surface area contributed by atoms with Crippen LogP contribution in [-0.4, -0.2) is 41.1 Å². The molecule has 0 saturated carbocycles. The molecule has 192 valence electrons. The van der Waals surface area contributed by atoms with Crippen LogP contribution >= 0.6 is 35.0 Å². The fraction of sp³-hybridized carbons (Fsp3) is 0.250. The van der Waals surface area contributed by atoms with Crippen molar-refractivity contribution in [2.24, 2.45) is 0 Å². The molecule has 0 aliphatic heterocycles. The third kappa shape index (κ3) is 5.95. The zero-order valence-corrected chi connectivity index (χ0v) is 22.6. The highest BCUT2D eigenvalue weighted by Crippen LogP contribution is 2.28. The normalized spacial score (nSPS) is 11.1. The van der Waals surface area contributed by atoms with Gasteiger partial charge in [-0.2, -0.15) is 5.10 Å². The molecule has 0 aliphatic carbocycles. The molecule has 4 aromatic rings.